The lowest BCUT2D eigenvalue weighted by atomic mass is 10.0. The van der Waals surface area contributed by atoms with Gasteiger partial charge in [-0.1, -0.05) is 31.8 Å². The summed E-state index contributed by atoms with van der Waals surface area (Å²) in [5.74, 6) is 2.29. The number of rotatable bonds is 15. The molecule has 180 valence electrons. The van der Waals surface area contributed by atoms with Crippen LogP contribution in [0.15, 0.2) is 42.5 Å². The lowest BCUT2D eigenvalue weighted by Crippen LogP contribution is -1.97. The molecular formula is C27H36O6. The third-order valence-corrected chi connectivity index (χ3v) is 5.55. The molecule has 0 unspecified atom stereocenters. The zero-order valence-electron chi connectivity index (χ0n) is 20.2. The third-order valence-electron chi connectivity index (χ3n) is 5.55. The molecule has 0 aliphatic rings. The summed E-state index contributed by atoms with van der Waals surface area (Å²) < 4.78 is 21.2. The summed E-state index contributed by atoms with van der Waals surface area (Å²) in [4.78, 5) is 12.2. The minimum absolute atomic E-state index is 0.0597. The number of aromatic hydroxyl groups is 1. The number of unbranched alkanes of at least 4 members (excludes halogenated alkanes) is 6. The van der Waals surface area contributed by atoms with E-state index in [1.807, 2.05) is 18.2 Å². The molecule has 0 saturated heterocycles. The Balaban J connectivity index is 1.62. The number of ether oxygens (including phenoxy) is 4. The number of hydrogen-bond acceptors (Lipinski definition) is 6. The summed E-state index contributed by atoms with van der Waals surface area (Å²) in [5, 5.41) is 9.93. The second kappa shape index (κ2) is 14.1. The van der Waals surface area contributed by atoms with E-state index in [1.54, 1.807) is 39.5 Å². The zero-order chi connectivity index (χ0) is 24.1. The standard InChI is InChI=1S/C27H36O6/c1-30-21-15-16-22(24(29)19-21)23(28)14-12-10-8-6-5-7-9-11-13-20-17-25(31-2)27(33-4)26(18-20)32-3/h12,14-19,29H,5-11,13H2,1-4H3. The predicted molar refractivity (Wildman–Crippen MR) is 130 cm³/mol. The van der Waals surface area contributed by atoms with E-state index in [2.05, 4.69) is 0 Å². The fraction of sp³-hybridized carbons (Fsp3) is 0.444. The second-order valence-electron chi connectivity index (χ2n) is 7.84. The Bertz CT molecular complexity index is 894. The molecule has 0 bridgehead atoms. The van der Waals surface area contributed by atoms with Crippen LogP contribution in [0.25, 0.3) is 0 Å². The molecule has 0 amide bonds. The summed E-state index contributed by atoms with van der Waals surface area (Å²) in [5.41, 5.74) is 1.47. The van der Waals surface area contributed by atoms with Crippen LogP contribution in [-0.4, -0.2) is 39.3 Å². The molecule has 0 radical (unpaired) electrons. The van der Waals surface area contributed by atoms with E-state index in [1.165, 1.54) is 38.0 Å². The van der Waals surface area contributed by atoms with E-state index >= 15 is 0 Å². The molecule has 1 N–H and O–H groups in total. The minimum Gasteiger partial charge on any atom is -0.507 e. The predicted octanol–water partition coefficient (Wildman–Crippen LogP) is 6.14. The highest BCUT2D eigenvalue weighted by Gasteiger charge is 2.13. The molecule has 0 atom stereocenters. The summed E-state index contributed by atoms with van der Waals surface area (Å²) in [7, 11) is 6.40. The van der Waals surface area contributed by atoms with Gasteiger partial charge in [-0.25, -0.2) is 0 Å². The number of carbonyl (C=O) groups is 1. The van der Waals surface area contributed by atoms with Gasteiger partial charge in [0.15, 0.2) is 17.3 Å². The molecule has 2 rings (SSSR count). The maximum Gasteiger partial charge on any atom is 0.203 e. The average Bonchev–Trinajstić information content (AvgIpc) is 2.83. The molecular weight excluding hydrogens is 420 g/mol. The summed E-state index contributed by atoms with van der Waals surface area (Å²) in [6, 6.07) is 8.73. The Labute approximate surface area is 197 Å². The Morgan fingerprint density at radius 1 is 0.818 bits per heavy atom. The molecule has 2 aromatic rings. The van der Waals surface area contributed by atoms with Crippen LogP contribution in [0.1, 0.15) is 60.9 Å². The van der Waals surface area contributed by atoms with Gasteiger partial charge in [0, 0.05) is 6.07 Å². The van der Waals surface area contributed by atoms with Crippen molar-refractivity contribution in [3.05, 3.63) is 53.6 Å². The van der Waals surface area contributed by atoms with Crippen molar-refractivity contribution in [2.24, 2.45) is 0 Å². The van der Waals surface area contributed by atoms with Crippen LogP contribution in [0.5, 0.6) is 28.7 Å². The SMILES string of the molecule is COc1ccc(C(=O)C=CCCCCCCCCc2cc(OC)c(OC)c(OC)c2)c(O)c1. The molecule has 0 aromatic heterocycles. The van der Waals surface area contributed by atoms with Crippen molar-refractivity contribution in [3.63, 3.8) is 0 Å². The van der Waals surface area contributed by atoms with Crippen LogP contribution < -0.4 is 18.9 Å². The van der Waals surface area contributed by atoms with Gasteiger partial charge in [-0.15, -0.1) is 0 Å². The van der Waals surface area contributed by atoms with Gasteiger partial charge in [-0.3, -0.25) is 4.79 Å². The Kier molecular flexibility index (Phi) is 11.1. The van der Waals surface area contributed by atoms with Gasteiger partial charge < -0.3 is 24.1 Å². The molecule has 0 saturated carbocycles. The number of aryl methyl sites for hydroxylation is 1. The number of allylic oxidation sites excluding steroid dienone is 2. The van der Waals surface area contributed by atoms with Gasteiger partial charge in [0.2, 0.25) is 5.75 Å². The van der Waals surface area contributed by atoms with Crippen LogP contribution in [0.3, 0.4) is 0 Å². The Morgan fingerprint density at radius 3 is 2.03 bits per heavy atom. The fourth-order valence-corrected chi connectivity index (χ4v) is 3.71. The summed E-state index contributed by atoms with van der Waals surface area (Å²) in [6.07, 6.45) is 12.1. The van der Waals surface area contributed by atoms with Crippen LogP contribution in [0.4, 0.5) is 0 Å². The first-order valence-corrected chi connectivity index (χ1v) is 11.4. The maximum absolute atomic E-state index is 12.2. The zero-order valence-corrected chi connectivity index (χ0v) is 20.2. The number of hydrogen-bond donors (Lipinski definition) is 1. The topological polar surface area (TPSA) is 74.2 Å². The van der Waals surface area contributed by atoms with E-state index in [0.717, 1.165) is 32.1 Å². The van der Waals surface area contributed by atoms with Gasteiger partial charge in [0.05, 0.1) is 34.0 Å². The molecule has 33 heavy (non-hydrogen) atoms. The minimum atomic E-state index is -0.193. The van der Waals surface area contributed by atoms with Gasteiger partial charge in [-0.05, 0) is 61.6 Å². The summed E-state index contributed by atoms with van der Waals surface area (Å²) >= 11 is 0. The number of benzene rings is 2. The first-order valence-electron chi connectivity index (χ1n) is 11.4. The van der Waals surface area contributed by atoms with Gasteiger partial charge in [0.25, 0.3) is 0 Å². The fourth-order valence-electron chi connectivity index (χ4n) is 3.71. The van der Waals surface area contributed by atoms with E-state index < -0.39 is 0 Å². The largest absolute Gasteiger partial charge is 0.507 e. The number of ketones is 1. The molecule has 0 heterocycles. The van der Waals surface area contributed by atoms with Gasteiger partial charge in [-0.2, -0.15) is 0 Å². The quantitative estimate of drug-likeness (QED) is 0.197. The Hall–Kier alpha value is -3.15. The lowest BCUT2D eigenvalue weighted by Gasteiger charge is -2.14. The molecule has 6 nitrogen and oxygen atoms in total. The van der Waals surface area contributed by atoms with Gasteiger partial charge in [0.1, 0.15) is 11.5 Å². The molecule has 6 heteroatoms. The normalized spacial score (nSPS) is 10.9. The van der Waals surface area contributed by atoms with E-state index in [4.69, 9.17) is 18.9 Å². The van der Waals surface area contributed by atoms with Crippen LogP contribution in [0.2, 0.25) is 0 Å². The smallest absolute Gasteiger partial charge is 0.203 e. The molecule has 0 fully saturated rings. The maximum atomic E-state index is 12.2. The highest BCUT2D eigenvalue weighted by atomic mass is 16.5. The first-order chi connectivity index (χ1) is 16.0. The molecule has 0 spiro atoms. The number of methoxy groups -OCH3 is 4. The van der Waals surface area contributed by atoms with E-state index in [-0.39, 0.29) is 11.5 Å². The van der Waals surface area contributed by atoms with E-state index in [9.17, 15) is 9.90 Å². The van der Waals surface area contributed by atoms with Crippen molar-refractivity contribution in [3.8, 4) is 28.7 Å². The Morgan fingerprint density at radius 2 is 1.45 bits per heavy atom. The van der Waals surface area contributed by atoms with Crippen molar-refractivity contribution in [2.75, 3.05) is 28.4 Å². The highest BCUT2D eigenvalue weighted by molar-refractivity contribution is 6.06. The average molecular weight is 457 g/mol. The van der Waals surface area contributed by atoms with Crippen LogP contribution >= 0.6 is 0 Å². The highest BCUT2D eigenvalue weighted by Crippen LogP contribution is 2.38. The second-order valence-corrected chi connectivity index (χ2v) is 7.84. The first kappa shape index (κ1) is 26.1. The number of phenols is 1. The molecule has 0 aliphatic heterocycles. The van der Waals surface area contributed by atoms with Crippen molar-refractivity contribution in [1.82, 2.24) is 0 Å². The summed E-state index contributed by atoms with van der Waals surface area (Å²) in [6.45, 7) is 0. The van der Waals surface area contributed by atoms with Crippen molar-refractivity contribution >= 4 is 5.78 Å². The number of carbonyl (C=O) groups excluding carboxylic acids is 1. The van der Waals surface area contributed by atoms with Crippen molar-refractivity contribution < 1.29 is 28.8 Å². The lowest BCUT2D eigenvalue weighted by molar-refractivity contribution is 0.104. The third kappa shape index (κ3) is 8.04. The van der Waals surface area contributed by atoms with Crippen LogP contribution in [0, 0.1) is 0 Å². The van der Waals surface area contributed by atoms with Gasteiger partial charge >= 0.3 is 0 Å². The molecule has 0 aliphatic carbocycles. The number of phenolic OH excluding ortho intramolecular Hbond substituents is 1. The van der Waals surface area contributed by atoms with Crippen LogP contribution in [-0.2, 0) is 6.42 Å². The van der Waals surface area contributed by atoms with Crippen molar-refractivity contribution in [1.29, 1.82) is 0 Å². The van der Waals surface area contributed by atoms with E-state index in [0.29, 0.717) is 28.6 Å². The van der Waals surface area contributed by atoms with Crippen molar-refractivity contribution in [2.45, 2.75) is 51.4 Å². The molecule has 2 aromatic carbocycles. The monoisotopic (exact) mass is 456 g/mol.